The van der Waals surface area contributed by atoms with Crippen molar-refractivity contribution in [2.75, 3.05) is 14.1 Å². The predicted octanol–water partition coefficient (Wildman–Crippen LogP) is 3.69. The highest BCUT2D eigenvalue weighted by atomic mass is 32.1. The second-order valence-corrected chi connectivity index (χ2v) is 9.01. The Bertz CT molecular complexity index is 991. The highest BCUT2D eigenvalue weighted by Gasteiger charge is 2.27. The third-order valence-corrected chi connectivity index (χ3v) is 6.50. The van der Waals surface area contributed by atoms with Crippen molar-refractivity contribution in [3.05, 3.63) is 35.2 Å². The summed E-state index contributed by atoms with van der Waals surface area (Å²) in [7, 11) is 4.25. The summed E-state index contributed by atoms with van der Waals surface area (Å²) in [6.07, 6.45) is 8.20. The molecule has 1 aliphatic carbocycles. The van der Waals surface area contributed by atoms with Crippen molar-refractivity contribution in [3.8, 4) is 10.7 Å². The van der Waals surface area contributed by atoms with Crippen LogP contribution in [0.25, 0.3) is 21.5 Å². The van der Waals surface area contributed by atoms with Gasteiger partial charge in [0.15, 0.2) is 5.01 Å². The number of hydrogen-bond donors (Lipinski definition) is 0. The summed E-state index contributed by atoms with van der Waals surface area (Å²) in [5.74, 6) is 0.490. The number of aryl methyl sites for hydroxylation is 1. The van der Waals surface area contributed by atoms with Crippen LogP contribution in [0.15, 0.2) is 24.5 Å². The molecule has 28 heavy (non-hydrogen) atoms. The van der Waals surface area contributed by atoms with Crippen LogP contribution in [0, 0.1) is 12.8 Å². The largest absolute Gasteiger partial charge is 0.306 e. The lowest BCUT2D eigenvalue weighted by Crippen LogP contribution is -2.34. The topological polar surface area (TPSA) is 71.9 Å². The first kappa shape index (κ1) is 19.1. The van der Waals surface area contributed by atoms with Crippen LogP contribution >= 0.6 is 11.3 Å². The molecule has 4 rings (SSSR count). The molecule has 0 N–H and O–H groups in total. The molecule has 7 heteroatoms. The van der Waals surface area contributed by atoms with Gasteiger partial charge < -0.3 is 4.90 Å². The van der Waals surface area contributed by atoms with Crippen LogP contribution < -0.4 is 0 Å². The Morgan fingerprint density at radius 1 is 1.07 bits per heavy atom. The van der Waals surface area contributed by atoms with Gasteiger partial charge in [0, 0.05) is 41.9 Å². The number of pyridine rings is 2. The molecule has 0 amide bonds. The Morgan fingerprint density at radius 2 is 1.82 bits per heavy atom. The first-order valence-electron chi connectivity index (χ1n) is 9.74. The average molecular weight is 396 g/mol. The van der Waals surface area contributed by atoms with Gasteiger partial charge in [0.25, 0.3) is 0 Å². The summed E-state index contributed by atoms with van der Waals surface area (Å²) in [4.78, 5) is 24.0. The normalized spacial score (nSPS) is 20.0. The number of nitrogens with zero attached hydrogens (tertiary/aromatic N) is 5. The molecule has 0 unspecified atom stereocenters. The zero-order chi connectivity index (χ0) is 19.7. The molecule has 0 atom stereocenters. The molecule has 146 valence electrons. The molecule has 1 fully saturated rings. The minimum atomic E-state index is 0.172. The number of fused-ring (bicyclic) bond motifs is 1. The lowest BCUT2D eigenvalue weighted by molar-refractivity contribution is -0.123. The Labute approximate surface area is 169 Å². The summed E-state index contributed by atoms with van der Waals surface area (Å²) in [5.41, 5.74) is 1.64. The van der Waals surface area contributed by atoms with Crippen LogP contribution in [0.5, 0.6) is 0 Å². The van der Waals surface area contributed by atoms with Crippen molar-refractivity contribution in [2.45, 2.75) is 45.1 Å². The van der Waals surface area contributed by atoms with E-state index in [0.29, 0.717) is 18.2 Å². The Kier molecular flexibility index (Phi) is 5.46. The van der Waals surface area contributed by atoms with Crippen LogP contribution in [0.2, 0.25) is 0 Å². The van der Waals surface area contributed by atoms with E-state index in [2.05, 4.69) is 39.2 Å². The average Bonchev–Trinajstić information content (AvgIpc) is 3.14. The van der Waals surface area contributed by atoms with E-state index >= 15 is 0 Å². The number of ketones is 1. The maximum absolute atomic E-state index is 12.8. The lowest BCUT2D eigenvalue weighted by atomic mass is 9.82. The molecule has 3 heterocycles. The fourth-order valence-corrected chi connectivity index (χ4v) is 4.59. The van der Waals surface area contributed by atoms with Crippen LogP contribution in [0.4, 0.5) is 0 Å². The molecule has 0 saturated heterocycles. The molecular formula is C21H25N5OS. The van der Waals surface area contributed by atoms with Gasteiger partial charge in [-0.15, -0.1) is 10.2 Å². The predicted molar refractivity (Wildman–Crippen MR) is 111 cm³/mol. The molecular weight excluding hydrogens is 370 g/mol. The molecule has 1 aliphatic rings. The quantitative estimate of drug-likeness (QED) is 0.656. The first-order chi connectivity index (χ1) is 13.5. The minimum Gasteiger partial charge on any atom is -0.306 e. The van der Waals surface area contributed by atoms with Crippen LogP contribution in [0.3, 0.4) is 0 Å². The van der Waals surface area contributed by atoms with Gasteiger partial charge in [0.1, 0.15) is 16.5 Å². The van der Waals surface area contributed by atoms with E-state index in [4.69, 9.17) is 0 Å². The first-order valence-corrected chi connectivity index (χ1v) is 10.6. The highest BCUT2D eigenvalue weighted by molar-refractivity contribution is 7.14. The van der Waals surface area contributed by atoms with Crippen LogP contribution in [-0.4, -0.2) is 51.0 Å². The summed E-state index contributed by atoms with van der Waals surface area (Å²) < 4.78 is 0. The Balaban J connectivity index is 1.49. The van der Waals surface area contributed by atoms with Crippen molar-refractivity contribution in [3.63, 3.8) is 0 Å². The number of carbonyl (C=O) groups is 1. The number of carbonyl (C=O) groups excluding carboxylic acids is 1. The summed E-state index contributed by atoms with van der Waals surface area (Å²) >= 11 is 1.53. The van der Waals surface area contributed by atoms with Gasteiger partial charge in [-0.3, -0.25) is 14.8 Å². The molecule has 0 radical (unpaired) electrons. The SMILES string of the molecule is Cc1nnc(-c2cc3cc(CC(=O)C4CCC(N(C)C)CC4)ncc3cn2)s1. The molecule has 3 aromatic rings. The van der Waals surface area contributed by atoms with Crippen LogP contribution in [0.1, 0.15) is 36.4 Å². The van der Waals surface area contributed by atoms with E-state index in [1.807, 2.05) is 31.5 Å². The van der Waals surface area contributed by atoms with E-state index in [1.54, 1.807) is 0 Å². The van der Waals surface area contributed by atoms with Gasteiger partial charge in [-0.25, -0.2) is 0 Å². The Morgan fingerprint density at radius 3 is 2.50 bits per heavy atom. The van der Waals surface area contributed by atoms with E-state index in [0.717, 1.165) is 57.9 Å². The second-order valence-electron chi connectivity index (χ2n) is 7.83. The van der Waals surface area contributed by atoms with E-state index < -0.39 is 0 Å². The standard InChI is InChI=1S/C21H25N5OS/c1-13-24-25-21(28-13)19-9-15-8-17(22-11-16(15)12-23-19)10-20(27)14-4-6-18(7-5-14)26(2)3/h8-9,11-12,14,18H,4-7,10H2,1-3H3. The zero-order valence-electron chi connectivity index (χ0n) is 16.6. The molecule has 3 aromatic heterocycles. The maximum atomic E-state index is 12.8. The van der Waals surface area contributed by atoms with Gasteiger partial charge in [0.05, 0.1) is 0 Å². The fourth-order valence-electron chi connectivity index (χ4n) is 3.93. The van der Waals surface area contributed by atoms with Crippen molar-refractivity contribution in [1.29, 1.82) is 0 Å². The van der Waals surface area contributed by atoms with Crippen molar-refractivity contribution >= 4 is 27.9 Å². The molecule has 6 nitrogen and oxygen atoms in total. The monoisotopic (exact) mass is 395 g/mol. The van der Waals surface area contributed by atoms with Crippen molar-refractivity contribution < 1.29 is 4.79 Å². The highest BCUT2D eigenvalue weighted by Crippen LogP contribution is 2.29. The van der Waals surface area contributed by atoms with E-state index in [1.165, 1.54) is 11.3 Å². The van der Waals surface area contributed by atoms with Gasteiger partial charge in [0.2, 0.25) is 0 Å². The van der Waals surface area contributed by atoms with Crippen molar-refractivity contribution in [2.24, 2.45) is 5.92 Å². The van der Waals surface area contributed by atoms with Gasteiger partial charge >= 0.3 is 0 Å². The number of rotatable bonds is 5. The van der Waals surface area contributed by atoms with Crippen molar-refractivity contribution in [1.82, 2.24) is 25.1 Å². The second kappa shape index (κ2) is 8.01. The smallest absolute Gasteiger partial charge is 0.166 e. The molecule has 1 saturated carbocycles. The van der Waals surface area contributed by atoms with E-state index in [9.17, 15) is 4.79 Å². The fraction of sp³-hybridized carbons (Fsp3) is 0.476. The molecule has 0 spiro atoms. The zero-order valence-corrected chi connectivity index (χ0v) is 17.4. The number of Topliss-reactive ketones (excluding diaryl/α,β-unsaturated/α-hetero) is 1. The van der Waals surface area contributed by atoms with Gasteiger partial charge in [-0.05, 0) is 64.2 Å². The third-order valence-electron chi connectivity index (χ3n) is 5.64. The summed E-state index contributed by atoms with van der Waals surface area (Å²) in [6, 6.07) is 4.63. The maximum Gasteiger partial charge on any atom is 0.166 e. The minimum absolute atomic E-state index is 0.172. The molecule has 0 aromatic carbocycles. The summed E-state index contributed by atoms with van der Waals surface area (Å²) in [6.45, 7) is 1.93. The number of hydrogen-bond acceptors (Lipinski definition) is 7. The van der Waals surface area contributed by atoms with Gasteiger partial charge in [-0.1, -0.05) is 11.3 Å². The van der Waals surface area contributed by atoms with E-state index in [-0.39, 0.29) is 5.92 Å². The number of aromatic nitrogens is 4. The summed E-state index contributed by atoms with van der Waals surface area (Å²) in [5, 5.41) is 12.0. The van der Waals surface area contributed by atoms with Gasteiger partial charge in [-0.2, -0.15) is 0 Å². The lowest BCUT2D eigenvalue weighted by Gasteiger charge is -2.31. The Hall–Kier alpha value is -2.25. The molecule has 0 bridgehead atoms. The van der Waals surface area contributed by atoms with Crippen LogP contribution in [-0.2, 0) is 11.2 Å². The molecule has 0 aliphatic heterocycles. The third kappa shape index (κ3) is 4.10.